The van der Waals surface area contributed by atoms with Gasteiger partial charge in [-0.25, -0.2) is 0 Å². The van der Waals surface area contributed by atoms with Crippen molar-refractivity contribution < 1.29 is 26.0 Å². The van der Waals surface area contributed by atoms with E-state index in [1.807, 2.05) is 12.1 Å². The fraction of sp³-hybridized carbons (Fsp3) is 0.357. The first-order valence-electron chi connectivity index (χ1n) is 11.8. The smallest absolute Gasteiger partial charge is 0.139 e. The first kappa shape index (κ1) is 24.1. The molecule has 1 saturated heterocycles. The highest BCUT2D eigenvalue weighted by atomic mass is 79.9. The first-order chi connectivity index (χ1) is 15.7. The van der Waals surface area contributed by atoms with Crippen LogP contribution in [-0.2, 0) is 6.54 Å². The molecule has 0 atom stereocenters. The minimum atomic E-state index is 0. The highest BCUT2D eigenvalue weighted by molar-refractivity contribution is 9.10. The number of halogens is 2. The first-order valence-corrected chi connectivity index (χ1v) is 12.6. The van der Waals surface area contributed by atoms with E-state index < -0.39 is 0 Å². The van der Waals surface area contributed by atoms with Gasteiger partial charge in [0.25, 0.3) is 0 Å². The number of hydrogen-bond donors (Lipinski definition) is 0. The third kappa shape index (κ3) is 5.74. The Labute approximate surface area is 210 Å². The van der Waals surface area contributed by atoms with Crippen molar-refractivity contribution in [3.8, 4) is 5.75 Å². The highest BCUT2D eigenvalue weighted by Gasteiger charge is 2.29. The maximum atomic E-state index is 6.10. The Morgan fingerprint density at radius 3 is 2.33 bits per heavy atom. The molecule has 0 spiro atoms. The third-order valence-corrected chi connectivity index (χ3v) is 7.32. The molecule has 1 aromatic heterocycles. The molecule has 5 rings (SSSR count). The molecular weight excluding hydrogens is 498 g/mol. The molecule has 5 heteroatoms. The van der Waals surface area contributed by atoms with E-state index in [2.05, 4.69) is 70.5 Å². The van der Waals surface area contributed by atoms with E-state index >= 15 is 0 Å². The molecule has 1 aliphatic heterocycles. The fourth-order valence-corrected chi connectivity index (χ4v) is 5.51. The van der Waals surface area contributed by atoms with Crippen LogP contribution in [0.3, 0.4) is 0 Å². The van der Waals surface area contributed by atoms with Crippen LogP contribution in [0, 0.1) is 0 Å². The van der Waals surface area contributed by atoms with Crippen molar-refractivity contribution in [1.82, 2.24) is 0 Å². The summed E-state index contributed by atoms with van der Waals surface area (Å²) in [6, 6.07) is 23.4. The average molecular weight is 529 g/mol. The molecule has 0 radical (unpaired) electrons. The maximum absolute atomic E-state index is 6.10. The van der Waals surface area contributed by atoms with Crippen LogP contribution < -0.4 is 17.1 Å². The molecule has 3 aromatic carbocycles. The molecule has 33 heavy (non-hydrogen) atoms. The van der Waals surface area contributed by atoms with Crippen LogP contribution in [-0.4, -0.2) is 30.7 Å². The fourth-order valence-electron chi connectivity index (χ4n) is 5.17. The van der Waals surface area contributed by atoms with Gasteiger partial charge in [-0.2, -0.15) is 0 Å². The van der Waals surface area contributed by atoms with Crippen LogP contribution in [0.5, 0.6) is 5.75 Å². The van der Waals surface area contributed by atoms with Gasteiger partial charge >= 0.3 is 0 Å². The van der Waals surface area contributed by atoms with Gasteiger partial charge in [0, 0.05) is 26.9 Å². The second-order valence-corrected chi connectivity index (χ2v) is 10.1. The van der Waals surface area contributed by atoms with Crippen LogP contribution in [0.2, 0.25) is 0 Å². The summed E-state index contributed by atoms with van der Waals surface area (Å²) in [7, 11) is 0. The number of likely N-dealkylation sites (tertiary alicyclic amines) is 1. The standard InChI is InChI=1S/C28H31BrNO2.ClH/c29-23-11-13-25-26-14-12-24(20-28(26)32-27(25)19-23)31-18-8-7-17-30(15-5-2-6-16-30)21-22-9-3-1-4-10-22;/h1,3-4,9-14,19-20H,2,5-8,15-18,21H2;1H/q+1;/p-1. The SMILES string of the molecule is Brc1ccc2c(c1)oc1cc(OCCCC[N+]3(Cc4ccccc4)CCCCC3)ccc12.[Cl-]. The summed E-state index contributed by atoms with van der Waals surface area (Å²) >= 11 is 3.52. The molecule has 1 aliphatic rings. The van der Waals surface area contributed by atoms with Gasteiger partial charge in [-0.05, 0) is 62.4 Å². The number of nitrogens with zero attached hydrogens (tertiary/aromatic N) is 1. The van der Waals surface area contributed by atoms with Crippen molar-refractivity contribution in [2.45, 2.75) is 38.6 Å². The largest absolute Gasteiger partial charge is 1.00 e. The van der Waals surface area contributed by atoms with Gasteiger partial charge in [-0.3, -0.25) is 0 Å². The van der Waals surface area contributed by atoms with Gasteiger partial charge < -0.3 is 26.0 Å². The third-order valence-electron chi connectivity index (χ3n) is 6.83. The number of quaternary nitrogens is 1. The number of ether oxygens (including phenoxy) is 1. The average Bonchev–Trinajstić information content (AvgIpc) is 3.16. The zero-order valence-corrected chi connectivity index (χ0v) is 21.3. The van der Waals surface area contributed by atoms with E-state index in [0.717, 1.165) is 45.2 Å². The minimum Gasteiger partial charge on any atom is -1.00 e. The molecule has 2 heterocycles. The van der Waals surface area contributed by atoms with Crippen molar-refractivity contribution in [2.75, 3.05) is 26.2 Å². The number of unbranched alkanes of at least 4 members (excludes halogenated alkanes) is 1. The van der Waals surface area contributed by atoms with Crippen molar-refractivity contribution >= 4 is 37.9 Å². The number of piperidine rings is 1. The molecular formula is C28H31BrClNO2. The lowest BCUT2D eigenvalue weighted by Gasteiger charge is -2.42. The number of furan rings is 1. The predicted molar refractivity (Wildman–Crippen MR) is 135 cm³/mol. The van der Waals surface area contributed by atoms with E-state index in [-0.39, 0.29) is 12.4 Å². The van der Waals surface area contributed by atoms with E-state index in [0.29, 0.717) is 0 Å². The van der Waals surface area contributed by atoms with Gasteiger partial charge in [-0.15, -0.1) is 0 Å². The van der Waals surface area contributed by atoms with E-state index in [1.54, 1.807) is 0 Å². The Morgan fingerprint density at radius 2 is 1.55 bits per heavy atom. The van der Waals surface area contributed by atoms with Crippen molar-refractivity contribution in [3.63, 3.8) is 0 Å². The van der Waals surface area contributed by atoms with Gasteiger partial charge in [0.2, 0.25) is 0 Å². The van der Waals surface area contributed by atoms with Gasteiger partial charge in [0.15, 0.2) is 0 Å². The summed E-state index contributed by atoms with van der Waals surface area (Å²) < 4.78 is 14.4. The summed E-state index contributed by atoms with van der Waals surface area (Å²) in [5, 5.41) is 2.28. The summed E-state index contributed by atoms with van der Waals surface area (Å²) in [4.78, 5) is 0. The monoisotopic (exact) mass is 527 g/mol. The van der Waals surface area contributed by atoms with Gasteiger partial charge in [-0.1, -0.05) is 46.3 Å². The molecule has 0 saturated carbocycles. The molecule has 0 unspecified atom stereocenters. The van der Waals surface area contributed by atoms with Crippen LogP contribution in [0.1, 0.15) is 37.7 Å². The topological polar surface area (TPSA) is 22.4 Å². The summed E-state index contributed by atoms with van der Waals surface area (Å²) in [6.07, 6.45) is 6.39. The molecule has 3 nitrogen and oxygen atoms in total. The molecule has 4 aromatic rings. The van der Waals surface area contributed by atoms with Crippen LogP contribution >= 0.6 is 15.9 Å². The Hall–Kier alpha value is -2.01. The summed E-state index contributed by atoms with van der Waals surface area (Å²) in [5.74, 6) is 0.891. The molecule has 0 bridgehead atoms. The quantitative estimate of drug-likeness (QED) is 0.244. The molecule has 0 aliphatic carbocycles. The van der Waals surface area contributed by atoms with Crippen molar-refractivity contribution in [3.05, 3.63) is 76.8 Å². The second-order valence-electron chi connectivity index (χ2n) is 9.17. The van der Waals surface area contributed by atoms with E-state index in [9.17, 15) is 0 Å². The number of benzene rings is 3. The van der Waals surface area contributed by atoms with Crippen LogP contribution in [0.4, 0.5) is 0 Å². The van der Waals surface area contributed by atoms with Gasteiger partial charge in [0.1, 0.15) is 23.5 Å². The van der Waals surface area contributed by atoms with Crippen LogP contribution in [0.25, 0.3) is 21.9 Å². The lowest BCUT2D eigenvalue weighted by Crippen LogP contribution is -3.00. The maximum Gasteiger partial charge on any atom is 0.139 e. The lowest BCUT2D eigenvalue weighted by atomic mass is 10.0. The Bertz CT molecular complexity index is 1180. The zero-order valence-electron chi connectivity index (χ0n) is 18.9. The van der Waals surface area contributed by atoms with Crippen molar-refractivity contribution in [2.24, 2.45) is 0 Å². The lowest BCUT2D eigenvalue weighted by molar-refractivity contribution is -0.945. The zero-order chi connectivity index (χ0) is 21.8. The Kier molecular flexibility index (Phi) is 8.00. The number of hydrogen-bond acceptors (Lipinski definition) is 2. The highest BCUT2D eigenvalue weighted by Crippen LogP contribution is 2.33. The Morgan fingerprint density at radius 1 is 0.818 bits per heavy atom. The summed E-state index contributed by atoms with van der Waals surface area (Å²) in [6.45, 7) is 5.79. The summed E-state index contributed by atoms with van der Waals surface area (Å²) in [5.41, 5.74) is 3.26. The molecule has 0 amide bonds. The second kappa shape index (κ2) is 10.9. The number of rotatable bonds is 8. The Balaban J connectivity index is 0.00000259. The van der Waals surface area contributed by atoms with Gasteiger partial charge in [0.05, 0.1) is 26.2 Å². The number of fused-ring (bicyclic) bond motifs is 3. The molecule has 174 valence electrons. The van der Waals surface area contributed by atoms with Crippen LogP contribution in [0.15, 0.2) is 75.6 Å². The predicted octanol–water partition coefficient (Wildman–Crippen LogP) is 4.71. The minimum absolute atomic E-state index is 0. The molecule has 0 N–H and O–H groups in total. The molecule has 1 fully saturated rings. The van der Waals surface area contributed by atoms with E-state index in [1.165, 1.54) is 61.9 Å². The van der Waals surface area contributed by atoms with Crippen molar-refractivity contribution in [1.29, 1.82) is 0 Å². The van der Waals surface area contributed by atoms with E-state index in [4.69, 9.17) is 9.15 Å². The normalized spacial score (nSPS) is 15.4.